The molecule has 0 aliphatic carbocycles. The molecule has 0 radical (unpaired) electrons. The van der Waals surface area contributed by atoms with Crippen LogP contribution in [0.4, 0.5) is 23.7 Å². The molecule has 4 aromatic rings. The molecule has 1 aliphatic rings. The van der Waals surface area contributed by atoms with Gasteiger partial charge < -0.3 is 9.64 Å². The van der Waals surface area contributed by atoms with Gasteiger partial charge >= 0.3 is 12.3 Å². The van der Waals surface area contributed by atoms with Gasteiger partial charge in [-0.25, -0.2) is 4.79 Å². The zero-order valence-electron chi connectivity index (χ0n) is 20.1. The number of nitrogens with zero attached hydrogens (tertiary/aromatic N) is 1. The highest BCUT2D eigenvalue weighted by molar-refractivity contribution is 7.10. The topological polar surface area (TPSA) is 58.6 Å². The van der Waals surface area contributed by atoms with Crippen LogP contribution in [0.15, 0.2) is 84.2 Å². The van der Waals surface area contributed by atoms with Gasteiger partial charge in [-0.1, -0.05) is 42.5 Å². The highest BCUT2D eigenvalue weighted by Crippen LogP contribution is 2.34. The molecule has 0 saturated carbocycles. The molecule has 0 atom stereocenters. The van der Waals surface area contributed by atoms with Crippen molar-refractivity contribution in [2.75, 3.05) is 11.9 Å². The lowest BCUT2D eigenvalue weighted by molar-refractivity contribution is -0.137. The van der Waals surface area contributed by atoms with Crippen molar-refractivity contribution in [3.05, 3.63) is 106 Å². The summed E-state index contributed by atoms with van der Waals surface area (Å²) in [6.07, 6.45) is -4.08. The molecule has 38 heavy (non-hydrogen) atoms. The van der Waals surface area contributed by atoms with Crippen LogP contribution in [0, 0.1) is 0 Å². The van der Waals surface area contributed by atoms with Gasteiger partial charge in [-0.15, -0.1) is 11.3 Å². The van der Waals surface area contributed by atoms with Crippen LogP contribution in [0.25, 0.3) is 11.1 Å². The number of fused-ring (bicyclic) bond motifs is 1. The third kappa shape index (κ3) is 5.89. The molecule has 0 unspecified atom stereocenters. The average molecular weight is 537 g/mol. The summed E-state index contributed by atoms with van der Waals surface area (Å²) in [4.78, 5) is 28.2. The maximum absolute atomic E-state index is 12.9. The molecular weight excluding hydrogens is 513 g/mol. The van der Waals surface area contributed by atoms with Gasteiger partial charge in [-0.3, -0.25) is 10.1 Å². The molecule has 1 aliphatic heterocycles. The van der Waals surface area contributed by atoms with E-state index >= 15 is 0 Å². The summed E-state index contributed by atoms with van der Waals surface area (Å²) in [5.41, 5.74) is 2.87. The monoisotopic (exact) mass is 536 g/mol. The van der Waals surface area contributed by atoms with E-state index in [1.54, 1.807) is 41.7 Å². The Hall–Kier alpha value is -4.11. The number of anilines is 1. The van der Waals surface area contributed by atoms with E-state index in [-0.39, 0.29) is 11.7 Å². The normalized spacial score (nSPS) is 13.1. The van der Waals surface area contributed by atoms with Gasteiger partial charge in [-0.2, -0.15) is 13.2 Å². The molecule has 0 saturated heterocycles. The molecule has 3 aromatic carbocycles. The van der Waals surface area contributed by atoms with Crippen LogP contribution in [0.5, 0.6) is 5.75 Å². The predicted molar refractivity (Wildman–Crippen MR) is 140 cm³/mol. The van der Waals surface area contributed by atoms with Crippen molar-refractivity contribution in [1.29, 1.82) is 0 Å². The zero-order valence-corrected chi connectivity index (χ0v) is 20.9. The first-order valence-corrected chi connectivity index (χ1v) is 12.8. The van der Waals surface area contributed by atoms with Crippen molar-refractivity contribution < 1.29 is 27.5 Å². The smallest absolute Gasteiger partial charge is 0.409 e. The number of rotatable bonds is 5. The quantitative estimate of drug-likeness (QED) is 0.294. The number of amides is 2. The molecule has 5 nitrogen and oxygen atoms in total. The van der Waals surface area contributed by atoms with Crippen LogP contribution < -0.4 is 10.1 Å². The number of hydrogen-bond donors (Lipinski definition) is 1. The van der Waals surface area contributed by atoms with Gasteiger partial charge in [0.05, 0.1) is 12.0 Å². The molecule has 1 N–H and O–H groups in total. The summed E-state index contributed by atoms with van der Waals surface area (Å²) in [5.74, 6) is 0.318. The van der Waals surface area contributed by atoms with Crippen molar-refractivity contribution in [2.45, 2.75) is 25.6 Å². The number of alkyl halides is 3. The highest BCUT2D eigenvalue weighted by atomic mass is 32.1. The van der Waals surface area contributed by atoms with E-state index < -0.39 is 17.8 Å². The van der Waals surface area contributed by atoms with Crippen LogP contribution in [-0.4, -0.2) is 23.4 Å². The molecule has 2 amide bonds. The van der Waals surface area contributed by atoms with Gasteiger partial charge in [-0.05, 0) is 64.9 Å². The van der Waals surface area contributed by atoms with Gasteiger partial charge in [0.25, 0.3) is 0 Å². The summed E-state index contributed by atoms with van der Waals surface area (Å²) in [6, 6.07) is 20.8. The minimum Gasteiger partial charge on any atom is -0.409 e. The number of carbonyl (C=O) groups excluding carboxylic acids is 2. The second-order valence-corrected chi connectivity index (χ2v) is 9.92. The van der Waals surface area contributed by atoms with Crippen LogP contribution in [0.1, 0.15) is 21.6 Å². The first-order valence-electron chi connectivity index (χ1n) is 11.9. The molecule has 194 valence electrons. The summed E-state index contributed by atoms with van der Waals surface area (Å²) in [6.45, 7) is 1.12. The second-order valence-electron chi connectivity index (χ2n) is 8.89. The van der Waals surface area contributed by atoms with E-state index in [0.717, 1.165) is 28.1 Å². The van der Waals surface area contributed by atoms with Gasteiger partial charge in [0.1, 0.15) is 5.75 Å². The fourth-order valence-electron chi connectivity index (χ4n) is 4.39. The highest BCUT2D eigenvalue weighted by Gasteiger charge is 2.30. The Bertz CT molecular complexity index is 1450. The Morgan fingerprint density at radius 1 is 0.947 bits per heavy atom. The predicted octanol–water partition coefficient (Wildman–Crippen LogP) is 7.17. The summed E-state index contributed by atoms with van der Waals surface area (Å²) < 4.78 is 44.3. The summed E-state index contributed by atoms with van der Waals surface area (Å²) in [5, 5.41) is 4.68. The SMILES string of the molecule is O=C(Nc1ccc2c(c1)CCN(C(=O)Cc1cccs1)C2)Oc1ccccc1-c1ccc(C(F)(F)F)cc1. The van der Waals surface area contributed by atoms with Crippen LogP contribution in [0.3, 0.4) is 0 Å². The van der Waals surface area contributed by atoms with Crippen molar-refractivity contribution in [2.24, 2.45) is 0 Å². The Morgan fingerprint density at radius 2 is 1.74 bits per heavy atom. The minimum absolute atomic E-state index is 0.0931. The molecule has 1 aromatic heterocycles. The first kappa shape index (κ1) is 25.5. The number of carbonyl (C=O) groups is 2. The second kappa shape index (κ2) is 10.7. The maximum Gasteiger partial charge on any atom is 0.417 e. The van der Waals surface area contributed by atoms with Gasteiger partial charge in [0.2, 0.25) is 5.91 Å². The Labute approximate surface area is 221 Å². The summed E-state index contributed by atoms with van der Waals surface area (Å²) in [7, 11) is 0. The Balaban J connectivity index is 1.23. The number of benzene rings is 3. The van der Waals surface area contributed by atoms with E-state index in [2.05, 4.69) is 5.32 Å². The third-order valence-electron chi connectivity index (χ3n) is 6.34. The van der Waals surface area contributed by atoms with Crippen molar-refractivity contribution in [1.82, 2.24) is 4.90 Å². The number of thiophene rings is 1. The molecule has 0 fully saturated rings. The lowest BCUT2D eigenvalue weighted by atomic mass is 9.98. The minimum atomic E-state index is -4.43. The largest absolute Gasteiger partial charge is 0.417 e. The standard InChI is InChI=1S/C29H23F3N2O3S/c30-29(31,32)22-10-7-19(8-11-22)25-5-1-2-6-26(25)37-28(36)33-23-12-9-21-18-34(14-13-20(21)16-23)27(35)17-24-4-3-15-38-24/h1-12,15-16H,13-14,17-18H2,(H,33,36). The van der Waals surface area contributed by atoms with E-state index in [1.807, 2.05) is 34.5 Å². The number of ether oxygens (including phenoxy) is 1. The summed E-state index contributed by atoms with van der Waals surface area (Å²) >= 11 is 1.57. The first-order chi connectivity index (χ1) is 18.3. The molecule has 9 heteroatoms. The molecule has 2 heterocycles. The molecular formula is C29H23F3N2O3S. The fourth-order valence-corrected chi connectivity index (χ4v) is 5.09. The molecule has 5 rings (SSSR count). The molecule has 0 bridgehead atoms. The lowest BCUT2D eigenvalue weighted by Gasteiger charge is -2.29. The average Bonchev–Trinajstić information content (AvgIpc) is 3.41. The van der Waals surface area contributed by atoms with Gasteiger partial charge in [0, 0.05) is 29.2 Å². The van der Waals surface area contributed by atoms with Crippen molar-refractivity contribution in [3.8, 4) is 16.9 Å². The van der Waals surface area contributed by atoms with Crippen LogP contribution >= 0.6 is 11.3 Å². The molecule has 0 spiro atoms. The van der Waals surface area contributed by atoms with E-state index in [1.165, 1.54) is 12.1 Å². The van der Waals surface area contributed by atoms with Crippen molar-refractivity contribution >= 4 is 29.0 Å². The number of nitrogens with one attached hydrogen (secondary N) is 1. The lowest BCUT2D eigenvalue weighted by Crippen LogP contribution is -2.36. The third-order valence-corrected chi connectivity index (χ3v) is 7.21. The zero-order chi connectivity index (χ0) is 26.7. The number of halogens is 3. The van der Waals surface area contributed by atoms with Gasteiger partial charge in [0.15, 0.2) is 0 Å². The Kier molecular flexibility index (Phi) is 7.20. The van der Waals surface area contributed by atoms with Crippen LogP contribution in [0.2, 0.25) is 0 Å². The fraction of sp³-hybridized carbons (Fsp3) is 0.172. The number of hydrogen-bond acceptors (Lipinski definition) is 4. The van der Waals surface area contributed by atoms with E-state index in [4.69, 9.17) is 4.74 Å². The van der Waals surface area contributed by atoms with Crippen LogP contribution in [-0.2, 0) is 30.4 Å². The maximum atomic E-state index is 12.9. The van der Waals surface area contributed by atoms with Crippen molar-refractivity contribution in [3.63, 3.8) is 0 Å². The van der Waals surface area contributed by atoms with E-state index in [0.29, 0.717) is 42.7 Å². The Morgan fingerprint density at radius 3 is 2.47 bits per heavy atom. The van der Waals surface area contributed by atoms with E-state index in [9.17, 15) is 22.8 Å². The number of para-hydroxylation sites is 1.